The highest BCUT2D eigenvalue weighted by Crippen LogP contribution is 2.37. The molecule has 0 radical (unpaired) electrons. The lowest BCUT2D eigenvalue weighted by Crippen LogP contribution is -2.13. The van der Waals surface area contributed by atoms with Gasteiger partial charge in [-0.3, -0.25) is 9.59 Å². The van der Waals surface area contributed by atoms with Gasteiger partial charge in [0, 0.05) is 17.4 Å². The number of thiophene rings is 1. The first-order valence-corrected chi connectivity index (χ1v) is 9.53. The molecule has 0 bridgehead atoms. The van der Waals surface area contributed by atoms with E-state index >= 15 is 0 Å². The van der Waals surface area contributed by atoms with Crippen LogP contribution in [0.2, 0.25) is 10.0 Å². The zero-order valence-corrected chi connectivity index (χ0v) is 15.8. The van der Waals surface area contributed by atoms with Crippen molar-refractivity contribution in [1.29, 1.82) is 0 Å². The molecule has 1 aromatic carbocycles. The normalized spacial score (nSPS) is 13.7. The summed E-state index contributed by atoms with van der Waals surface area (Å²) >= 11 is 13.4. The van der Waals surface area contributed by atoms with Gasteiger partial charge in [-0.15, -0.1) is 11.3 Å². The number of nitrogens with zero attached hydrogens (tertiary/aromatic N) is 1. The van der Waals surface area contributed by atoms with Crippen LogP contribution in [-0.4, -0.2) is 16.7 Å². The van der Waals surface area contributed by atoms with Crippen LogP contribution >= 0.6 is 34.5 Å². The molecule has 0 saturated carbocycles. The van der Waals surface area contributed by atoms with Crippen molar-refractivity contribution in [2.45, 2.75) is 19.3 Å². The van der Waals surface area contributed by atoms with Crippen molar-refractivity contribution in [3.63, 3.8) is 0 Å². The van der Waals surface area contributed by atoms with Crippen LogP contribution in [0.3, 0.4) is 0 Å². The number of carbonyl (C=O) groups is 2. The number of ketones is 1. The van der Waals surface area contributed by atoms with Crippen molar-refractivity contribution in [2.24, 2.45) is 0 Å². The molecule has 0 saturated heterocycles. The highest BCUT2D eigenvalue weighted by atomic mass is 35.5. The van der Waals surface area contributed by atoms with Gasteiger partial charge in [-0.05, 0) is 31.0 Å². The topological polar surface area (TPSA) is 85.1 Å². The number of amides is 1. The lowest BCUT2D eigenvalue weighted by molar-refractivity contribution is 0.0970. The smallest absolute Gasteiger partial charge is 0.268 e. The van der Waals surface area contributed by atoms with Crippen molar-refractivity contribution in [2.75, 3.05) is 11.1 Å². The molecule has 0 fully saturated rings. The summed E-state index contributed by atoms with van der Waals surface area (Å²) in [7, 11) is 0. The maximum atomic E-state index is 12.7. The largest absolute Gasteiger partial charge is 0.397 e. The van der Waals surface area contributed by atoms with E-state index < -0.39 is 5.91 Å². The Morgan fingerprint density at radius 3 is 2.69 bits per heavy atom. The molecule has 1 amide bonds. The van der Waals surface area contributed by atoms with Gasteiger partial charge in [-0.1, -0.05) is 29.3 Å². The van der Waals surface area contributed by atoms with Crippen LogP contribution in [0.5, 0.6) is 0 Å². The second-order valence-electron chi connectivity index (χ2n) is 6.01. The van der Waals surface area contributed by atoms with Gasteiger partial charge >= 0.3 is 0 Å². The summed E-state index contributed by atoms with van der Waals surface area (Å²) in [6, 6.07) is 6.72. The molecule has 0 atom stereocenters. The van der Waals surface area contributed by atoms with E-state index in [-0.39, 0.29) is 5.78 Å². The summed E-state index contributed by atoms with van der Waals surface area (Å²) in [5.74, 6) is -0.343. The van der Waals surface area contributed by atoms with Crippen molar-refractivity contribution in [1.82, 2.24) is 4.98 Å². The molecule has 132 valence electrons. The zero-order chi connectivity index (χ0) is 18.4. The number of carbonyl (C=O) groups excluding carboxylic acids is 2. The molecule has 1 aliphatic rings. The Morgan fingerprint density at radius 1 is 1.23 bits per heavy atom. The summed E-state index contributed by atoms with van der Waals surface area (Å²) < 4.78 is 0. The molecule has 1 aliphatic carbocycles. The number of fused-ring (bicyclic) bond motifs is 2. The Hall–Kier alpha value is -2.15. The first-order chi connectivity index (χ1) is 12.5. The maximum Gasteiger partial charge on any atom is 0.268 e. The fourth-order valence-electron chi connectivity index (χ4n) is 3.02. The van der Waals surface area contributed by atoms with E-state index in [0.717, 1.165) is 18.5 Å². The number of hydrogen-bond donors (Lipinski definition) is 2. The van der Waals surface area contributed by atoms with E-state index in [9.17, 15) is 9.59 Å². The first kappa shape index (κ1) is 17.3. The van der Waals surface area contributed by atoms with Gasteiger partial charge < -0.3 is 11.1 Å². The molecule has 4 rings (SSSR count). The molecule has 3 aromatic rings. The SMILES string of the molecule is Nc1c(C(=O)Nc2c(Cl)cccc2Cl)sc2nc3c(cc12)C(=O)CCC3. The number of para-hydroxylation sites is 1. The summed E-state index contributed by atoms with van der Waals surface area (Å²) in [6.45, 7) is 0. The van der Waals surface area contributed by atoms with Crippen molar-refractivity contribution in [3.05, 3.63) is 50.4 Å². The van der Waals surface area contributed by atoms with Gasteiger partial charge in [0.1, 0.15) is 9.71 Å². The summed E-state index contributed by atoms with van der Waals surface area (Å²) in [5.41, 5.74) is 8.20. The van der Waals surface area contributed by atoms with Gasteiger partial charge in [-0.25, -0.2) is 4.98 Å². The van der Waals surface area contributed by atoms with Crippen LogP contribution in [0.15, 0.2) is 24.3 Å². The highest BCUT2D eigenvalue weighted by Gasteiger charge is 2.24. The van der Waals surface area contributed by atoms with Gasteiger partial charge in [-0.2, -0.15) is 0 Å². The molecule has 3 N–H and O–H groups in total. The second-order valence-corrected chi connectivity index (χ2v) is 7.82. The summed E-state index contributed by atoms with van der Waals surface area (Å²) in [6.07, 6.45) is 2.07. The monoisotopic (exact) mass is 405 g/mol. The third-order valence-electron chi connectivity index (χ3n) is 4.33. The molecule has 5 nitrogen and oxygen atoms in total. The standard InChI is InChI=1S/C18H13Cl2N3O2S/c19-10-3-1-4-11(20)15(10)23-17(25)16-14(21)9-7-8-12(22-18(9)26-16)5-2-6-13(8)24/h1,3-4,7H,2,5-6,21H2,(H,23,25). The minimum Gasteiger partial charge on any atom is -0.397 e. The van der Waals surface area contributed by atoms with Crippen LogP contribution in [0, 0.1) is 0 Å². The van der Waals surface area contributed by atoms with Gasteiger partial charge in [0.2, 0.25) is 0 Å². The quantitative estimate of drug-likeness (QED) is 0.630. The third-order valence-corrected chi connectivity index (χ3v) is 6.07. The minimum atomic E-state index is -0.412. The molecule has 26 heavy (non-hydrogen) atoms. The number of nitrogen functional groups attached to an aromatic ring is 1. The average molecular weight is 406 g/mol. The Kier molecular flexibility index (Phi) is 4.34. The highest BCUT2D eigenvalue weighted by molar-refractivity contribution is 7.21. The number of aryl methyl sites for hydroxylation is 1. The Bertz CT molecular complexity index is 1060. The van der Waals surface area contributed by atoms with E-state index in [4.69, 9.17) is 28.9 Å². The zero-order valence-electron chi connectivity index (χ0n) is 13.4. The lowest BCUT2D eigenvalue weighted by Gasteiger charge is -2.13. The number of aromatic nitrogens is 1. The first-order valence-electron chi connectivity index (χ1n) is 7.96. The fraction of sp³-hybridized carbons (Fsp3) is 0.167. The van der Waals surface area contributed by atoms with Crippen molar-refractivity contribution >= 4 is 67.8 Å². The van der Waals surface area contributed by atoms with Crippen LogP contribution < -0.4 is 11.1 Å². The second kappa shape index (κ2) is 6.54. The minimum absolute atomic E-state index is 0.0695. The van der Waals surface area contributed by atoms with Crippen LogP contribution in [0.25, 0.3) is 10.2 Å². The van der Waals surface area contributed by atoms with Gasteiger partial charge in [0.15, 0.2) is 5.78 Å². The van der Waals surface area contributed by atoms with Crippen molar-refractivity contribution < 1.29 is 9.59 Å². The predicted octanol–water partition coefficient (Wildman–Crippen LogP) is 4.96. The summed E-state index contributed by atoms with van der Waals surface area (Å²) in [5, 5.41) is 4.01. The number of anilines is 2. The van der Waals surface area contributed by atoms with E-state index in [1.54, 1.807) is 24.3 Å². The molecule has 8 heteroatoms. The average Bonchev–Trinajstić information content (AvgIpc) is 2.93. The predicted molar refractivity (Wildman–Crippen MR) is 106 cm³/mol. The number of nitrogens with two attached hydrogens (primary N) is 1. The molecule has 0 aliphatic heterocycles. The lowest BCUT2D eigenvalue weighted by atomic mass is 9.94. The summed E-state index contributed by atoms with van der Waals surface area (Å²) in [4.78, 5) is 30.3. The van der Waals surface area contributed by atoms with E-state index in [2.05, 4.69) is 10.3 Å². The van der Waals surface area contributed by atoms with Crippen LogP contribution in [-0.2, 0) is 6.42 Å². The Balaban J connectivity index is 1.76. The van der Waals surface area contributed by atoms with E-state index in [1.165, 1.54) is 11.3 Å². The fourth-order valence-corrected chi connectivity index (χ4v) is 4.50. The molecule has 2 heterocycles. The van der Waals surface area contributed by atoms with Gasteiger partial charge in [0.05, 0.1) is 27.1 Å². The van der Waals surface area contributed by atoms with Crippen LogP contribution in [0.1, 0.15) is 38.6 Å². The van der Waals surface area contributed by atoms with Crippen LogP contribution in [0.4, 0.5) is 11.4 Å². The number of benzene rings is 1. The molecule has 0 spiro atoms. The van der Waals surface area contributed by atoms with Crippen molar-refractivity contribution in [3.8, 4) is 0 Å². The molecule has 0 unspecified atom stereocenters. The van der Waals surface area contributed by atoms with Gasteiger partial charge in [0.25, 0.3) is 5.91 Å². The number of nitrogens with one attached hydrogen (secondary N) is 1. The number of rotatable bonds is 2. The number of hydrogen-bond acceptors (Lipinski definition) is 5. The molecular weight excluding hydrogens is 393 g/mol. The number of halogens is 2. The maximum absolute atomic E-state index is 12.7. The Morgan fingerprint density at radius 2 is 1.96 bits per heavy atom. The molecule has 2 aromatic heterocycles. The number of Topliss-reactive ketones (excluding diaryl/α,β-unsaturated/α-hetero) is 1. The van der Waals surface area contributed by atoms with E-state index in [0.29, 0.717) is 48.5 Å². The molecular formula is C18H13Cl2N3O2S. The Labute approximate surface area is 163 Å². The third kappa shape index (κ3) is 2.84. The number of pyridine rings is 1. The van der Waals surface area contributed by atoms with E-state index in [1.807, 2.05) is 0 Å².